The molecule has 1 atom stereocenters. The molecule has 0 aliphatic carbocycles. The van der Waals surface area contributed by atoms with Crippen LogP contribution in [0.3, 0.4) is 0 Å². The number of nitrogens with two attached hydrogens (primary N) is 1. The molecule has 1 rings (SSSR count). The van der Waals surface area contributed by atoms with Crippen LogP contribution >= 0.6 is 11.3 Å². The van der Waals surface area contributed by atoms with Gasteiger partial charge in [0.15, 0.2) is 0 Å². The maximum atomic E-state index is 11.6. The third-order valence-electron chi connectivity index (χ3n) is 2.67. The zero-order valence-corrected chi connectivity index (χ0v) is 12.1. The van der Waals surface area contributed by atoms with Crippen molar-refractivity contribution in [2.45, 2.75) is 19.9 Å². The van der Waals surface area contributed by atoms with Gasteiger partial charge in [-0.05, 0) is 34.0 Å². The van der Waals surface area contributed by atoms with Crippen molar-refractivity contribution in [3.63, 3.8) is 0 Å². The second-order valence-corrected chi connectivity index (χ2v) is 5.36. The number of rotatable bonds is 6. The predicted molar refractivity (Wildman–Crippen MR) is 76.3 cm³/mol. The first kappa shape index (κ1) is 14.8. The summed E-state index contributed by atoms with van der Waals surface area (Å²) >= 11 is 1.33. The molecule has 3 N–H and O–H groups in total. The van der Waals surface area contributed by atoms with Crippen LogP contribution in [-0.4, -0.2) is 44.2 Å². The lowest BCUT2D eigenvalue weighted by atomic mass is 10.3. The molecule has 6 heteroatoms. The third-order valence-corrected chi connectivity index (χ3v) is 3.76. The van der Waals surface area contributed by atoms with Crippen molar-refractivity contribution in [2.24, 2.45) is 0 Å². The van der Waals surface area contributed by atoms with E-state index < -0.39 is 0 Å². The average Bonchev–Trinajstić information content (AvgIpc) is 2.67. The topological polar surface area (TPSA) is 67.6 Å². The van der Waals surface area contributed by atoms with Crippen LogP contribution in [0.25, 0.3) is 0 Å². The number of nitrogens with one attached hydrogen (secondary N) is 1. The molecule has 0 spiro atoms. The van der Waals surface area contributed by atoms with Crippen LogP contribution < -0.4 is 11.1 Å². The minimum absolute atomic E-state index is 0.353. The predicted octanol–water partition coefficient (Wildman–Crippen LogP) is 1.87. The molecule has 0 aliphatic rings. The summed E-state index contributed by atoms with van der Waals surface area (Å²) in [6.07, 6.45) is 0. The average molecular weight is 271 g/mol. The minimum atomic E-state index is -0.353. The van der Waals surface area contributed by atoms with E-state index in [9.17, 15) is 4.79 Å². The summed E-state index contributed by atoms with van der Waals surface area (Å²) in [5.74, 6) is -0.353. The fraction of sp³-hybridized carbons (Fsp3) is 0.583. The van der Waals surface area contributed by atoms with E-state index in [4.69, 9.17) is 10.5 Å². The van der Waals surface area contributed by atoms with Crippen molar-refractivity contribution in [3.8, 4) is 0 Å². The molecule has 18 heavy (non-hydrogen) atoms. The van der Waals surface area contributed by atoms with Gasteiger partial charge in [0.2, 0.25) is 0 Å². The van der Waals surface area contributed by atoms with Gasteiger partial charge in [-0.1, -0.05) is 0 Å². The summed E-state index contributed by atoms with van der Waals surface area (Å²) in [5, 5.41) is 4.17. The number of likely N-dealkylation sites (N-methyl/N-ethyl adjacent to an activating group) is 1. The Morgan fingerprint density at radius 2 is 2.28 bits per heavy atom. The minimum Gasteiger partial charge on any atom is -0.462 e. The normalized spacial score (nSPS) is 12.5. The molecular weight excluding hydrogens is 250 g/mol. The number of hydrogen-bond donors (Lipinski definition) is 2. The first-order chi connectivity index (χ1) is 8.45. The van der Waals surface area contributed by atoms with E-state index >= 15 is 0 Å². The van der Waals surface area contributed by atoms with Gasteiger partial charge in [-0.15, -0.1) is 11.3 Å². The van der Waals surface area contributed by atoms with E-state index in [1.165, 1.54) is 11.3 Å². The second kappa shape index (κ2) is 6.61. The quantitative estimate of drug-likeness (QED) is 0.773. The summed E-state index contributed by atoms with van der Waals surface area (Å²) in [6.45, 7) is 5.06. The molecule has 102 valence electrons. The molecule has 1 unspecified atom stereocenters. The monoisotopic (exact) mass is 271 g/mol. The van der Waals surface area contributed by atoms with Gasteiger partial charge in [0, 0.05) is 12.6 Å². The zero-order valence-electron chi connectivity index (χ0n) is 11.3. The zero-order chi connectivity index (χ0) is 13.7. The van der Waals surface area contributed by atoms with Crippen LogP contribution in [0.15, 0.2) is 6.07 Å². The Hall–Kier alpha value is -1.27. The Morgan fingerprint density at radius 1 is 1.61 bits per heavy atom. The van der Waals surface area contributed by atoms with E-state index in [1.807, 2.05) is 14.1 Å². The van der Waals surface area contributed by atoms with Gasteiger partial charge in [-0.3, -0.25) is 0 Å². The highest BCUT2D eigenvalue weighted by atomic mass is 32.1. The number of hydrogen-bond acceptors (Lipinski definition) is 6. The van der Waals surface area contributed by atoms with Crippen molar-refractivity contribution < 1.29 is 9.53 Å². The number of carbonyl (C=O) groups is 1. The highest BCUT2D eigenvalue weighted by molar-refractivity contribution is 7.18. The second-order valence-electron chi connectivity index (χ2n) is 4.31. The van der Waals surface area contributed by atoms with Crippen molar-refractivity contribution in [1.82, 2.24) is 4.90 Å². The van der Waals surface area contributed by atoms with Crippen molar-refractivity contribution in [3.05, 3.63) is 10.9 Å². The van der Waals surface area contributed by atoms with Gasteiger partial charge < -0.3 is 20.7 Å². The summed E-state index contributed by atoms with van der Waals surface area (Å²) in [4.78, 5) is 14.2. The molecule has 0 aromatic carbocycles. The van der Waals surface area contributed by atoms with Crippen LogP contribution in [0.4, 0.5) is 10.7 Å². The third kappa shape index (κ3) is 3.89. The number of ether oxygens (including phenoxy) is 1. The summed E-state index contributed by atoms with van der Waals surface area (Å²) in [5.41, 5.74) is 6.27. The molecule has 0 fully saturated rings. The molecule has 1 aromatic heterocycles. The van der Waals surface area contributed by atoms with Gasteiger partial charge in [0.1, 0.15) is 4.88 Å². The Kier molecular flexibility index (Phi) is 5.43. The fourth-order valence-corrected chi connectivity index (χ4v) is 2.16. The molecule has 0 saturated heterocycles. The molecule has 0 aliphatic heterocycles. The first-order valence-corrected chi connectivity index (χ1v) is 6.74. The lowest BCUT2D eigenvalue weighted by molar-refractivity contribution is 0.0533. The number of esters is 1. The van der Waals surface area contributed by atoms with E-state index in [0.29, 0.717) is 23.2 Å². The molecule has 1 heterocycles. The van der Waals surface area contributed by atoms with E-state index in [-0.39, 0.29) is 5.97 Å². The van der Waals surface area contributed by atoms with Gasteiger partial charge in [0.05, 0.1) is 17.3 Å². The van der Waals surface area contributed by atoms with E-state index in [0.717, 1.165) is 11.5 Å². The van der Waals surface area contributed by atoms with Gasteiger partial charge in [-0.2, -0.15) is 0 Å². The molecule has 1 aromatic rings. The number of thiophene rings is 1. The molecule has 0 radical (unpaired) electrons. The molecular formula is C12H21N3O2S. The maximum Gasteiger partial charge on any atom is 0.350 e. The Morgan fingerprint density at radius 3 is 2.83 bits per heavy atom. The largest absolute Gasteiger partial charge is 0.462 e. The standard InChI is InChI=1S/C12H21N3O2S/c1-5-17-12(16)11-9(13)6-10(18-11)14-7-8(2)15(3)4/h6,8,14H,5,7,13H2,1-4H3. The molecule has 0 saturated carbocycles. The number of carbonyl (C=O) groups excluding carboxylic acids is 1. The SMILES string of the molecule is CCOC(=O)c1sc(NCC(C)N(C)C)cc1N. The highest BCUT2D eigenvalue weighted by Crippen LogP contribution is 2.29. The molecule has 5 nitrogen and oxygen atoms in total. The molecule has 0 amide bonds. The Labute approximate surface area is 112 Å². The highest BCUT2D eigenvalue weighted by Gasteiger charge is 2.15. The van der Waals surface area contributed by atoms with Gasteiger partial charge >= 0.3 is 5.97 Å². The smallest absolute Gasteiger partial charge is 0.350 e. The Balaban J connectivity index is 2.64. The number of anilines is 2. The maximum absolute atomic E-state index is 11.6. The van der Waals surface area contributed by atoms with Crippen LogP contribution in [0.5, 0.6) is 0 Å². The summed E-state index contributed by atoms with van der Waals surface area (Å²) in [6, 6.07) is 2.18. The van der Waals surface area contributed by atoms with Crippen LogP contribution in [0.1, 0.15) is 23.5 Å². The van der Waals surface area contributed by atoms with Gasteiger partial charge in [-0.25, -0.2) is 4.79 Å². The summed E-state index contributed by atoms with van der Waals surface area (Å²) < 4.78 is 4.94. The van der Waals surface area contributed by atoms with E-state index in [1.54, 1.807) is 13.0 Å². The van der Waals surface area contributed by atoms with Crippen molar-refractivity contribution in [1.29, 1.82) is 0 Å². The fourth-order valence-electron chi connectivity index (χ4n) is 1.28. The van der Waals surface area contributed by atoms with Crippen molar-refractivity contribution >= 4 is 28.0 Å². The summed E-state index contributed by atoms with van der Waals surface area (Å²) in [7, 11) is 4.05. The van der Waals surface area contributed by atoms with Crippen LogP contribution in [-0.2, 0) is 4.74 Å². The van der Waals surface area contributed by atoms with Crippen molar-refractivity contribution in [2.75, 3.05) is 38.3 Å². The number of nitrogens with zero attached hydrogens (tertiary/aromatic N) is 1. The lowest BCUT2D eigenvalue weighted by Crippen LogP contribution is -2.31. The Bertz CT molecular complexity index is 404. The van der Waals surface area contributed by atoms with Crippen LogP contribution in [0, 0.1) is 0 Å². The molecule has 0 bridgehead atoms. The van der Waals surface area contributed by atoms with E-state index in [2.05, 4.69) is 17.1 Å². The lowest BCUT2D eigenvalue weighted by Gasteiger charge is -2.19. The van der Waals surface area contributed by atoms with Gasteiger partial charge in [0.25, 0.3) is 0 Å². The number of nitrogen functional groups attached to an aromatic ring is 1. The first-order valence-electron chi connectivity index (χ1n) is 5.92. The van der Waals surface area contributed by atoms with Crippen LogP contribution in [0.2, 0.25) is 0 Å².